The van der Waals surface area contributed by atoms with Gasteiger partial charge in [0, 0.05) is 31.8 Å². The Morgan fingerprint density at radius 2 is 2.04 bits per heavy atom. The van der Waals surface area contributed by atoms with Gasteiger partial charge in [0.25, 0.3) is 0 Å². The number of piperidine rings is 1. The highest BCUT2D eigenvalue weighted by Crippen LogP contribution is 2.34. The summed E-state index contributed by atoms with van der Waals surface area (Å²) in [6, 6.07) is 9.61. The van der Waals surface area contributed by atoms with E-state index in [1.165, 1.54) is 12.5 Å². The predicted octanol–water partition coefficient (Wildman–Crippen LogP) is -0.283. The molecule has 2 heterocycles. The van der Waals surface area contributed by atoms with Crippen molar-refractivity contribution < 1.29 is 15.0 Å². The van der Waals surface area contributed by atoms with Crippen molar-refractivity contribution in [3.8, 4) is 0 Å². The van der Waals surface area contributed by atoms with Crippen LogP contribution in [0.25, 0.3) is 0 Å². The first-order valence-electron chi connectivity index (χ1n) is 7.84. The van der Waals surface area contributed by atoms with Crippen LogP contribution in [0.1, 0.15) is 12.5 Å². The van der Waals surface area contributed by atoms with Crippen molar-refractivity contribution in [3.63, 3.8) is 0 Å². The SMILES string of the molecule is CC(=O)N[C@H]1CN2C(NCc3ccccc3)SC[C@@H]2[C@@H](O)[C@@H]1O. The molecule has 0 aromatic heterocycles. The summed E-state index contributed by atoms with van der Waals surface area (Å²) in [7, 11) is 0. The van der Waals surface area contributed by atoms with Crippen LogP contribution in [-0.2, 0) is 11.3 Å². The number of amides is 1. The van der Waals surface area contributed by atoms with Crippen molar-refractivity contribution in [2.75, 3.05) is 12.3 Å². The lowest BCUT2D eigenvalue weighted by atomic mass is 9.93. The molecular formula is C16H23N3O3S. The largest absolute Gasteiger partial charge is 0.389 e. The number of fused-ring (bicyclic) bond motifs is 1. The maximum atomic E-state index is 11.3. The van der Waals surface area contributed by atoms with Gasteiger partial charge >= 0.3 is 0 Å². The van der Waals surface area contributed by atoms with Gasteiger partial charge in [0.15, 0.2) is 0 Å². The van der Waals surface area contributed by atoms with Crippen LogP contribution >= 0.6 is 11.8 Å². The molecule has 6 nitrogen and oxygen atoms in total. The Hall–Kier alpha value is -1.12. The summed E-state index contributed by atoms with van der Waals surface area (Å²) in [6.45, 7) is 2.70. The molecule has 0 radical (unpaired) electrons. The number of rotatable bonds is 4. The van der Waals surface area contributed by atoms with E-state index in [0.717, 1.165) is 12.3 Å². The molecule has 0 bridgehead atoms. The van der Waals surface area contributed by atoms with Crippen LogP contribution in [0.4, 0.5) is 0 Å². The van der Waals surface area contributed by atoms with Crippen LogP contribution in [0.2, 0.25) is 0 Å². The van der Waals surface area contributed by atoms with Crippen LogP contribution in [0.5, 0.6) is 0 Å². The van der Waals surface area contributed by atoms with Crippen molar-refractivity contribution in [1.82, 2.24) is 15.5 Å². The Balaban J connectivity index is 1.64. The normalized spacial score (nSPS) is 34.1. The molecule has 23 heavy (non-hydrogen) atoms. The first kappa shape index (κ1) is 16.7. The Morgan fingerprint density at radius 3 is 2.74 bits per heavy atom. The zero-order valence-corrected chi connectivity index (χ0v) is 13.9. The second kappa shape index (κ2) is 7.19. The zero-order chi connectivity index (χ0) is 16.4. The minimum Gasteiger partial charge on any atom is -0.389 e. The van der Waals surface area contributed by atoms with Gasteiger partial charge in [-0.05, 0) is 5.56 Å². The average Bonchev–Trinajstić information content (AvgIpc) is 2.94. The first-order valence-corrected chi connectivity index (χ1v) is 8.89. The standard InChI is InChI=1S/C16H23N3O3S/c1-10(20)18-12-8-19-13(15(22)14(12)21)9-23-16(19)17-7-11-5-3-2-4-6-11/h2-6,12-17,21-22H,7-9H2,1H3,(H,18,20)/t12-,13+,14+,15+,16?/m0/s1. The minimum atomic E-state index is -0.923. The van der Waals surface area contributed by atoms with E-state index in [-0.39, 0.29) is 17.4 Å². The summed E-state index contributed by atoms with van der Waals surface area (Å²) in [6.07, 6.45) is -1.77. The quantitative estimate of drug-likeness (QED) is 0.605. The molecule has 2 aliphatic rings. The van der Waals surface area contributed by atoms with E-state index in [1.54, 1.807) is 11.8 Å². The smallest absolute Gasteiger partial charge is 0.217 e. The highest BCUT2D eigenvalue weighted by Gasteiger charge is 2.48. The second-order valence-electron chi connectivity index (χ2n) is 6.10. The first-order chi connectivity index (χ1) is 11.1. The fourth-order valence-corrected chi connectivity index (χ4v) is 4.65. The van der Waals surface area contributed by atoms with Crippen LogP contribution in [-0.4, -0.2) is 63.1 Å². The van der Waals surface area contributed by atoms with E-state index in [0.29, 0.717) is 6.54 Å². The minimum absolute atomic E-state index is 0.0682. The van der Waals surface area contributed by atoms with E-state index < -0.39 is 18.2 Å². The fraction of sp³-hybridized carbons (Fsp3) is 0.562. The lowest BCUT2D eigenvalue weighted by Crippen LogP contribution is -2.66. The van der Waals surface area contributed by atoms with E-state index in [9.17, 15) is 15.0 Å². The number of aliphatic hydroxyl groups is 2. The van der Waals surface area contributed by atoms with Crippen LogP contribution in [0, 0.1) is 0 Å². The van der Waals surface area contributed by atoms with Gasteiger partial charge in [-0.3, -0.25) is 15.0 Å². The molecule has 1 amide bonds. The molecule has 0 saturated carbocycles. The average molecular weight is 337 g/mol. The molecule has 2 aliphatic heterocycles. The molecule has 1 aromatic carbocycles. The molecule has 0 aliphatic carbocycles. The maximum absolute atomic E-state index is 11.3. The van der Waals surface area contributed by atoms with Crippen molar-refractivity contribution >= 4 is 17.7 Å². The van der Waals surface area contributed by atoms with Gasteiger partial charge in [0.2, 0.25) is 5.91 Å². The molecule has 3 rings (SSSR count). The fourth-order valence-electron chi connectivity index (χ4n) is 3.25. The highest BCUT2D eigenvalue weighted by atomic mass is 32.2. The molecule has 2 fully saturated rings. The van der Waals surface area contributed by atoms with Crippen molar-refractivity contribution in [1.29, 1.82) is 0 Å². The Labute approximate surface area is 140 Å². The number of carbonyl (C=O) groups is 1. The third-order valence-corrected chi connectivity index (χ3v) is 5.72. The topological polar surface area (TPSA) is 84.8 Å². The van der Waals surface area contributed by atoms with E-state index in [4.69, 9.17) is 0 Å². The molecule has 126 valence electrons. The van der Waals surface area contributed by atoms with Gasteiger partial charge in [-0.2, -0.15) is 0 Å². The van der Waals surface area contributed by atoms with Gasteiger partial charge in [-0.15, -0.1) is 11.8 Å². The zero-order valence-electron chi connectivity index (χ0n) is 13.1. The molecular weight excluding hydrogens is 314 g/mol. The van der Waals surface area contributed by atoms with E-state index in [2.05, 4.69) is 27.7 Å². The summed E-state index contributed by atoms with van der Waals surface area (Å²) in [5.74, 6) is 0.567. The Bertz CT molecular complexity index is 545. The summed E-state index contributed by atoms with van der Waals surface area (Å²) in [5.41, 5.74) is 1.27. The molecule has 1 unspecified atom stereocenters. The van der Waals surface area contributed by atoms with Gasteiger partial charge in [-0.25, -0.2) is 0 Å². The van der Waals surface area contributed by atoms with Crippen molar-refractivity contribution in [2.45, 2.75) is 43.3 Å². The van der Waals surface area contributed by atoms with Gasteiger partial charge in [-0.1, -0.05) is 30.3 Å². The molecule has 0 spiro atoms. The summed E-state index contributed by atoms with van der Waals surface area (Å²) < 4.78 is 0. The molecule has 5 atom stereocenters. The third kappa shape index (κ3) is 3.70. The van der Waals surface area contributed by atoms with Gasteiger partial charge in [0.05, 0.1) is 12.1 Å². The number of thioether (sulfide) groups is 1. The van der Waals surface area contributed by atoms with Crippen molar-refractivity contribution in [2.24, 2.45) is 0 Å². The predicted molar refractivity (Wildman–Crippen MR) is 89.6 cm³/mol. The monoisotopic (exact) mass is 337 g/mol. The maximum Gasteiger partial charge on any atom is 0.217 e. The summed E-state index contributed by atoms with van der Waals surface area (Å²) >= 11 is 1.72. The van der Waals surface area contributed by atoms with E-state index >= 15 is 0 Å². The lowest BCUT2D eigenvalue weighted by Gasteiger charge is -2.43. The molecule has 1 aromatic rings. The Morgan fingerprint density at radius 1 is 1.30 bits per heavy atom. The third-order valence-electron chi connectivity index (χ3n) is 4.43. The van der Waals surface area contributed by atoms with Crippen LogP contribution in [0.3, 0.4) is 0 Å². The number of nitrogens with one attached hydrogen (secondary N) is 2. The van der Waals surface area contributed by atoms with Crippen LogP contribution < -0.4 is 10.6 Å². The number of benzene rings is 1. The summed E-state index contributed by atoms with van der Waals surface area (Å²) in [5, 5.41) is 26.8. The van der Waals surface area contributed by atoms with Gasteiger partial charge < -0.3 is 15.5 Å². The lowest BCUT2D eigenvalue weighted by molar-refractivity contribution is -0.126. The number of aliphatic hydroxyl groups excluding tert-OH is 2. The number of hydrogen-bond acceptors (Lipinski definition) is 6. The van der Waals surface area contributed by atoms with Crippen molar-refractivity contribution in [3.05, 3.63) is 35.9 Å². The highest BCUT2D eigenvalue weighted by molar-refractivity contribution is 8.00. The van der Waals surface area contributed by atoms with E-state index in [1.807, 2.05) is 18.2 Å². The van der Waals surface area contributed by atoms with Gasteiger partial charge in [0.1, 0.15) is 11.6 Å². The Kier molecular flexibility index (Phi) is 5.23. The molecule has 7 heteroatoms. The molecule has 4 N–H and O–H groups in total. The number of hydrogen-bond donors (Lipinski definition) is 4. The van der Waals surface area contributed by atoms with Crippen LogP contribution in [0.15, 0.2) is 30.3 Å². The molecule has 2 saturated heterocycles. The number of nitrogens with zero attached hydrogens (tertiary/aromatic N) is 1. The summed E-state index contributed by atoms with van der Waals surface area (Å²) in [4.78, 5) is 13.4. The number of carbonyl (C=O) groups excluding carboxylic acids is 1. The second-order valence-corrected chi connectivity index (χ2v) is 7.22.